The van der Waals surface area contributed by atoms with Gasteiger partial charge in [-0.3, -0.25) is 19.8 Å². The van der Waals surface area contributed by atoms with E-state index >= 15 is 0 Å². The molecule has 150 valence electrons. The molecule has 1 N–H and O–H groups in total. The standard InChI is InChI=1S/C22H24N4O2S/c1-6-11-25-21(28)19(20(27)23-22(25)29)13-16-12-14(2)26(15(16)3)18-9-7-17(8-10-18)24(4)5/h6-10,12-13H,1,11H2,2-5H3,(H,23,27,29)/b19-13-. The number of hydrogen-bond acceptors (Lipinski definition) is 4. The Balaban J connectivity index is 2.01. The normalized spacial score (nSPS) is 15.7. The number of nitrogens with zero attached hydrogens (tertiary/aromatic N) is 3. The fraction of sp³-hybridized carbons (Fsp3) is 0.227. The van der Waals surface area contributed by atoms with Gasteiger partial charge in [0.25, 0.3) is 11.8 Å². The lowest BCUT2D eigenvalue weighted by Crippen LogP contribution is -2.53. The Hall–Kier alpha value is -3.19. The highest BCUT2D eigenvalue weighted by atomic mass is 32.1. The highest BCUT2D eigenvalue weighted by molar-refractivity contribution is 7.80. The molecule has 0 unspecified atom stereocenters. The summed E-state index contributed by atoms with van der Waals surface area (Å²) in [6, 6.07) is 10.2. The number of amides is 2. The van der Waals surface area contributed by atoms with E-state index in [0.29, 0.717) is 0 Å². The summed E-state index contributed by atoms with van der Waals surface area (Å²) in [6.07, 6.45) is 3.20. The predicted octanol–water partition coefficient (Wildman–Crippen LogP) is 2.97. The van der Waals surface area contributed by atoms with Crippen molar-refractivity contribution in [2.45, 2.75) is 13.8 Å². The van der Waals surface area contributed by atoms with Crippen LogP contribution in [0.3, 0.4) is 0 Å². The van der Waals surface area contributed by atoms with Gasteiger partial charge in [0.05, 0.1) is 0 Å². The molecule has 0 aliphatic carbocycles. The third kappa shape index (κ3) is 3.86. The zero-order valence-electron chi connectivity index (χ0n) is 17.0. The SMILES string of the molecule is C=CCN1C(=O)/C(=C\c2cc(C)n(-c3ccc(N(C)C)cc3)c2C)C(=O)NC1=S. The van der Waals surface area contributed by atoms with Gasteiger partial charge in [0.15, 0.2) is 5.11 Å². The second-order valence-electron chi connectivity index (χ2n) is 7.09. The largest absolute Gasteiger partial charge is 0.378 e. The molecule has 2 heterocycles. The van der Waals surface area contributed by atoms with Gasteiger partial charge in [-0.05, 0) is 68.0 Å². The van der Waals surface area contributed by atoms with Gasteiger partial charge < -0.3 is 9.47 Å². The summed E-state index contributed by atoms with van der Waals surface area (Å²) in [5.41, 5.74) is 4.95. The molecule has 0 bridgehead atoms. The first-order chi connectivity index (χ1) is 13.7. The van der Waals surface area contributed by atoms with Crippen molar-refractivity contribution < 1.29 is 9.59 Å². The first-order valence-corrected chi connectivity index (χ1v) is 9.62. The van der Waals surface area contributed by atoms with E-state index in [-0.39, 0.29) is 17.2 Å². The van der Waals surface area contributed by atoms with Crippen LogP contribution in [0.1, 0.15) is 17.0 Å². The van der Waals surface area contributed by atoms with Crippen molar-refractivity contribution >= 4 is 40.9 Å². The molecule has 7 heteroatoms. The van der Waals surface area contributed by atoms with E-state index in [0.717, 1.165) is 28.3 Å². The summed E-state index contributed by atoms with van der Waals surface area (Å²) >= 11 is 5.10. The third-order valence-electron chi connectivity index (χ3n) is 4.89. The summed E-state index contributed by atoms with van der Waals surface area (Å²) in [6.45, 7) is 7.85. The molecule has 1 aromatic heterocycles. The number of aromatic nitrogens is 1. The Morgan fingerprint density at radius 3 is 2.41 bits per heavy atom. The summed E-state index contributed by atoms with van der Waals surface area (Å²) in [5, 5.41) is 2.67. The number of carbonyl (C=O) groups excluding carboxylic acids is 2. The van der Waals surface area contributed by atoms with Crippen LogP contribution < -0.4 is 10.2 Å². The van der Waals surface area contributed by atoms with Crippen molar-refractivity contribution in [1.82, 2.24) is 14.8 Å². The summed E-state index contributed by atoms with van der Waals surface area (Å²) in [7, 11) is 4.00. The minimum Gasteiger partial charge on any atom is -0.378 e. The van der Waals surface area contributed by atoms with Gasteiger partial charge in [0.2, 0.25) is 0 Å². The zero-order chi connectivity index (χ0) is 21.3. The van der Waals surface area contributed by atoms with E-state index in [2.05, 4.69) is 40.7 Å². The molecular formula is C22H24N4O2S. The van der Waals surface area contributed by atoms with E-state index in [4.69, 9.17) is 12.2 Å². The van der Waals surface area contributed by atoms with Gasteiger partial charge in [0.1, 0.15) is 5.57 Å². The van der Waals surface area contributed by atoms with Crippen molar-refractivity contribution in [2.24, 2.45) is 0 Å². The third-order valence-corrected chi connectivity index (χ3v) is 5.21. The average Bonchev–Trinajstić information content (AvgIpc) is 2.95. The van der Waals surface area contributed by atoms with Crippen molar-refractivity contribution in [3.05, 3.63) is 65.5 Å². The quantitative estimate of drug-likeness (QED) is 0.358. The van der Waals surface area contributed by atoms with E-state index in [1.165, 1.54) is 4.90 Å². The van der Waals surface area contributed by atoms with Crippen LogP contribution >= 0.6 is 12.2 Å². The Morgan fingerprint density at radius 1 is 1.17 bits per heavy atom. The lowest BCUT2D eigenvalue weighted by Gasteiger charge is -2.27. The number of anilines is 1. The number of carbonyl (C=O) groups is 2. The van der Waals surface area contributed by atoms with Crippen LogP contribution in [0.4, 0.5) is 5.69 Å². The lowest BCUT2D eigenvalue weighted by atomic mass is 10.1. The Kier molecular flexibility index (Phi) is 5.70. The molecule has 0 spiro atoms. The average molecular weight is 409 g/mol. The number of hydrogen-bond donors (Lipinski definition) is 1. The molecule has 0 radical (unpaired) electrons. The predicted molar refractivity (Wildman–Crippen MR) is 120 cm³/mol. The van der Waals surface area contributed by atoms with Crippen LogP contribution in [0, 0.1) is 13.8 Å². The van der Waals surface area contributed by atoms with E-state index in [9.17, 15) is 9.59 Å². The molecule has 1 aliphatic rings. The summed E-state index contributed by atoms with van der Waals surface area (Å²) in [5.74, 6) is -0.903. The first-order valence-electron chi connectivity index (χ1n) is 9.21. The minimum atomic E-state index is -0.486. The number of rotatable bonds is 5. The fourth-order valence-corrected chi connectivity index (χ4v) is 3.63. The van der Waals surface area contributed by atoms with E-state index in [1.807, 2.05) is 38.9 Å². The Bertz CT molecular complexity index is 1030. The molecule has 6 nitrogen and oxygen atoms in total. The molecule has 1 fully saturated rings. The van der Waals surface area contributed by atoms with Gasteiger partial charge in [-0.1, -0.05) is 6.08 Å². The Morgan fingerprint density at radius 2 is 1.83 bits per heavy atom. The van der Waals surface area contributed by atoms with Gasteiger partial charge in [-0.2, -0.15) is 0 Å². The maximum atomic E-state index is 12.8. The van der Waals surface area contributed by atoms with Crippen LogP contribution in [0.15, 0.2) is 48.6 Å². The van der Waals surface area contributed by atoms with Crippen LogP contribution in [-0.2, 0) is 9.59 Å². The van der Waals surface area contributed by atoms with Gasteiger partial charge >= 0.3 is 0 Å². The number of aryl methyl sites for hydroxylation is 1. The molecule has 29 heavy (non-hydrogen) atoms. The first kappa shape index (κ1) is 20.5. The molecule has 3 rings (SSSR count). The highest BCUT2D eigenvalue weighted by Crippen LogP contribution is 2.25. The van der Waals surface area contributed by atoms with E-state index in [1.54, 1.807) is 12.2 Å². The van der Waals surface area contributed by atoms with Crippen molar-refractivity contribution in [3.63, 3.8) is 0 Å². The van der Waals surface area contributed by atoms with Gasteiger partial charge in [-0.15, -0.1) is 6.58 Å². The number of benzene rings is 1. The van der Waals surface area contributed by atoms with Crippen molar-refractivity contribution in [2.75, 3.05) is 25.5 Å². The molecule has 1 saturated heterocycles. The second-order valence-corrected chi connectivity index (χ2v) is 7.48. The molecule has 0 atom stereocenters. The smallest absolute Gasteiger partial charge is 0.265 e. The molecule has 1 aromatic carbocycles. The monoisotopic (exact) mass is 408 g/mol. The van der Waals surface area contributed by atoms with Crippen molar-refractivity contribution in [1.29, 1.82) is 0 Å². The highest BCUT2D eigenvalue weighted by Gasteiger charge is 2.32. The fourth-order valence-electron chi connectivity index (χ4n) is 3.38. The van der Waals surface area contributed by atoms with E-state index < -0.39 is 11.8 Å². The maximum absolute atomic E-state index is 12.8. The Labute approximate surface area is 176 Å². The molecule has 1 aliphatic heterocycles. The topological polar surface area (TPSA) is 57.6 Å². The second kappa shape index (κ2) is 8.05. The summed E-state index contributed by atoms with van der Waals surface area (Å²) < 4.78 is 2.10. The van der Waals surface area contributed by atoms with Crippen LogP contribution in [0.25, 0.3) is 11.8 Å². The zero-order valence-corrected chi connectivity index (χ0v) is 17.8. The van der Waals surface area contributed by atoms with Crippen LogP contribution in [0.5, 0.6) is 0 Å². The summed E-state index contributed by atoms with van der Waals surface area (Å²) in [4.78, 5) is 28.5. The van der Waals surface area contributed by atoms with Gasteiger partial charge in [-0.25, -0.2) is 0 Å². The molecular weight excluding hydrogens is 384 g/mol. The number of nitrogens with one attached hydrogen (secondary N) is 1. The van der Waals surface area contributed by atoms with Gasteiger partial charge in [0, 0.05) is 43.4 Å². The van der Waals surface area contributed by atoms with Crippen LogP contribution in [-0.4, -0.2) is 47.0 Å². The molecule has 2 amide bonds. The number of thiocarbonyl (C=S) groups is 1. The van der Waals surface area contributed by atoms with Crippen LogP contribution in [0.2, 0.25) is 0 Å². The maximum Gasteiger partial charge on any atom is 0.265 e. The molecule has 2 aromatic rings. The lowest BCUT2D eigenvalue weighted by molar-refractivity contribution is -0.128. The minimum absolute atomic E-state index is 0.0589. The molecule has 0 saturated carbocycles. The van der Waals surface area contributed by atoms with Crippen molar-refractivity contribution in [3.8, 4) is 5.69 Å².